The number of hydrogen-bond acceptors (Lipinski definition) is 1. The molecule has 3 heteroatoms. The molecule has 1 saturated carbocycles. The molecule has 0 aromatic heterocycles. The lowest BCUT2D eigenvalue weighted by Gasteiger charge is -2.27. The summed E-state index contributed by atoms with van der Waals surface area (Å²) in [5.74, 6) is -2.69. The normalized spacial score (nSPS) is 44.7. The van der Waals surface area contributed by atoms with Gasteiger partial charge in [0.05, 0.1) is 0 Å². The summed E-state index contributed by atoms with van der Waals surface area (Å²) in [5, 5.41) is 0. The van der Waals surface area contributed by atoms with Crippen molar-refractivity contribution in [3.8, 4) is 0 Å². The number of hydrogen-bond donors (Lipinski definition) is 0. The van der Waals surface area contributed by atoms with Crippen LogP contribution in [0.5, 0.6) is 0 Å². The Labute approximate surface area is 59.0 Å². The molecule has 0 radical (unpaired) electrons. The Morgan fingerprint density at radius 2 is 2.20 bits per heavy atom. The molecule has 0 amide bonds. The first-order chi connectivity index (χ1) is 4.59. The van der Waals surface area contributed by atoms with Crippen molar-refractivity contribution in [3.05, 3.63) is 0 Å². The number of fused-ring (bicyclic) bond motifs is 2. The van der Waals surface area contributed by atoms with E-state index in [0.29, 0.717) is 13.0 Å². The van der Waals surface area contributed by atoms with Crippen molar-refractivity contribution in [1.82, 2.24) is 4.90 Å². The third kappa shape index (κ3) is 0.698. The van der Waals surface area contributed by atoms with E-state index in [4.69, 9.17) is 0 Å². The Hall–Kier alpha value is -0.180. The summed E-state index contributed by atoms with van der Waals surface area (Å²) in [6.07, 6.45) is 0.803. The molecule has 0 aromatic carbocycles. The number of alkyl halides is 2. The largest absolute Gasteiger partial charge is 0.303 e. The van der Waals surface area contributed by atoms with E-state index in [1.165, 1.54) is 0 Å². The van der Waals surface area contributed by atoms with Crippen molar-refractivity contribution < 1.29 is 8.78 Å². The van der Waals surface area contributed by atoms with Gasteiger partial charge in [-0.25, -0.2) is 8.78 Å². The standard InChI is InChI=1S/C7H11F2N/c1-10-4-5-2-6(10)3-7(5,8)9/h5-6H,2-4H2,1H3. The van der Waals surface area contributed by atoms with Gasteiger partial charge in [0.2, 0.25) is 0 Å². The van der Waals surface area contributed by atoms with Crippen LogP contribution in [0.4, 0.5) is 8.78 Å². The predicted octanol–water partition coefficient (Wildman–Crippen LogP) is 1.35. The maximum Gasteiger partial charge on any atom is 0.253 e. The van der Waals surface area contributed by atoms with E-state index >= 15 is 0 Å². The van der Waals surface area contributed by atoms with E-state index in [0.717, 1.165) is 0 Å². The summed E-state index contributed by atoms with van der Waals surface area (Å²) in [6.45, 7) is 0.595. The smallest absolute Gasteiger partial charge is 0.253 e. The van der Waals surface area contributed by atoms with Gasteiger partial charge in [0.1, 0.15) is 0 Å². The maximum atomic E-state index is 12.8. The van der Waals surface area contributed by atoms with Crippen LogP contribution in [0.3, 0.4) is 0 Å². The van der Waals surface area contributed by atoms with Gasteiger partial charge in [-0.15, -0.1) is 0 Å². The SMILES string of the molecule is CN1CC2CC1CC2(F)F. The third-order valence-electron chi connectivity index (χ3n) is 2.79. The first-order valence-corrected chi connectivity index (χ1v) is 3.67. The van der Waals surface area contributed by atoms with Gasteiger partial charge in [-0.3, -0.25) is 0 Å². The van der Waals surface area contributed by atoms with E-state index in [1.807, 2.05) is 11.9 Å². The van der Waals surface area contributed by atoms with Gasteiger partial charge in [-0.2, -0.15) is 0 Å². The fourth-order valence-electron chi connectivity index (χ4n) is 2.11. The average Bonchev–Trinajstić information content (AvgIpc) is 2.21. The molecule has 0 aromatic rings. The summed E-state index contributed by atoms with van der Waals surface area (Å²) in [5.41, 5.74) is 0. The molecule has 2 aliphatic rings. The summed E-state index contributed by atoms with van der Waals surface area (Å²) in [6, 6.07) is 0.167. The van der Waals surface area contributed by atoms with Crippen LogP contribution in [0.15, 0.2) is 0 Å². The van der Waals surface area contributed by atoms with Crippen LogP contribution >= 0.6 is 0 Å². The highest BCUT2D eigenvalue weighted by Crippen LogP contribution is 2.47. The van der Waals surface area contributed by atoms with Crippen LogP contribution in [0, 0.1) is 5.92 Å². The van der Waals surface area contributed by atoms with Crippen molar-refractivity contribution in [3.63, 3.8) is 0 Å². The molecule has 58 valence electrons. The van der Waals surface area contributed by atoms with Gasteiger partial charge in [-0.05, 0) is 13.5 Å². The molecule has 0 N–H and O–H groups in total. The summed E-state index contributed by atoms with van der Waals surface area (Å²) < 4.78 is 25.6. The number of rotatable bonds is 0. The summed E-state index contributed by atoms with van der Waals surface area (Å²) in [7, 11) is 1.93. The maximum absolute atomic E-state index is 12.8. The van der Waals surface area contributed by atoms with Crippen molar-refractivity contribution in [2.24, 2.45) is 5.92 Å². The molecule has 0 spiro atoms. The zero-order valence-corrected chi connectivity index (χ0v) is 5.98. The van der Waals surface area contributed by atoms with Crippen molar-refractivity contribution in [2.45, 2.75) is 24.8 Å². The molecule has 1 aliphatic carbocycles. The Morgan fingerprint density at radius 1 is 1.50 bits per heavy atom. The average molecular weight is 147 g/mol. The van der Waals surface area contributed by atoms with Crippen LogP contribution in [0.2, 0.25) is 0 Å². The minimum atomic E-state index is -2.35. The van der Waals surface area contributed by atoms with E-state index in [9.17, 15) is 8.78 Å². The second-order valence-corrected chi connectivity index (χ2v) is 3.49. The summed E-state index contributed by atoms with van der Waals surface area (Å²) in [4.78, 5) is 2.04. The van der Waals surface area contributed by atoms with E-state index in [-0.39, 0.29) is 18.4 Å². The highest BCUT2D eigenvalue weighted by atomic mass is 19.3. The first kappa shape index (κ1) is 6.53. The van der Waals surface area contributed by atoms with Crippen LogP contribution in [0.25, 0.3) is 0 Å². The van der Waals surface area contributed by atoms with Crippen molar-refractivity contribution in [2.75, 3.05) is 13.6 Å². The monoisotopic (exact) mass is 147 g/mol. The predicted molar refractivity (Wildman–Crippen MR) is 34.1 cm³/mol. The first-order valence-electron chi connectivity index (χ1n) is 3.67. The number of nitrogens with zero attached hydrogens (tertiary/aromatic N) is 1. The Balaban J connectivity index is 2.16. The number of likely N-dealkylation sites (tertiary alicyclic amines) is 1. The van der Waals surface area contributed by atoms with E-state index < -0.39 is 5.92 Å². The molecule has 10 heavy (non-hydrogen) atoms. The Morgan fingerprint density at radius 3 is 2.50 bits per heavy atom. The van der Waals surface area contributed by atoms with Gasteiger partial charge < -0.3 is 4.90 Å². The molecular formula is C7H11F2N. The zero-order chi connectivity index (χ0) is 7.35. The quantitative estimate of drug-likeness (QED) is 0.500. The lowest BCUT2D eigenvalue weighted by molar-refractivity contribution is -0.0634. The van der Waals surface area contributed by atoms with E-state index in [1.54, 1.807) is 0 Å². The minimum Gasteiger partial charge on any atom is -0.303 e. The topological polar surface area (TPSA) is 3.24 Å². The molecule has 1 heterocycles. The van der Waals surface area contributed by atoms with Crippen LogP contribution in [-0.2, 0) is 0 Å². The minimum absolute atomic E-state index is 0.0914. The van der Waals surface area contributed by atoms with Gasteiger partial charge >= 0.3 is 0 Å². The van der Waals surface area contributed by atoms with Crippen LogP contribution < -0.4 is 0 Å². The number of halogens is 2. The highest BCUT2D eigenvalue weighted by Gasteiger charge is 2.54. The van der Waals surface area contributed by atoms with Gasteiger partial charge in [0.25, 0.3) is 5.92 Å². The third-order valence-corrected chi connectivity index (χ3v) is 2.79. The summed E-state index contributed by atoms with van der Waals surface area (Å²) >= 11 is 0. The molecule has 1 nitrogen and oxygen atoms in total. The Kier molecular flexibility index (Phi) is 1.11. The van der Waals surface area contributed by atoms with E-state index in [2.05, 4.69) is 0 Å². The van der Waals surface area contributed by atoms with Crippen LogP contribution in [0.1, 0.15) is 12.8 Å². The number of piperidine rings is 1. The van der Waals surface area contributed by atoms with Gasteiger partial charge in [0, 0.05) is 24.9 Å². The molecular weight excluding hydrogens is 136 g/mol. The molecule has 2 bridgehead atoms. The van der Waals surface area contributed by atoms with Crippen LogP contribution in [-0.4, -0.2) is 30.5 Å². The lowest BCUT2D eigenvalue weighted by atomic mass is 10.1. The molecule has 2 atom stereocenters. The molecule has 2 fully saturated rings. The molecule has 2 rings (SSSR count). The fraction of sp³-hybridized carbons (Fsp3) is 1.00. The van der Waals surface area contributed by atoms with Crippen molar-refractivity contribution in [1.29, 1.82) is 0 Å². The van der Waals surface area contributed by atoms with Crippen molar-refractivity contribution >= 4 is 0 Å². The fourth-order valence-corrected chi connectivity index (χ4v) is 2.11. The zero-order valence-electron chi connectivity index (χ0n) is 5.98. The lowest BCUT2D eigenvalue weighted by Crippen LogP contribution is -2.38. The molecule has 2 unspecified atom stereocenters. The highest BCUT2D eigenvalue weighted by molar-refractivity contribution is 5.00. The van der Waals surface area contributed by atoms with Gasteiger partial charge in [-0.1, -0.05) is 0 Å². The second-order valence-electron chi connectivity index (χ2n) is 3.49. The Bertz CT molecular complexity index is 156. The molecule has 1 aliphatic heterocycles. The molecule has 1 saturated heterocycles. The second kappa shape index (κ2) is 1.70. The van der Waals surface area contributed by atoms with Gasteiger partial charge in [0.15, 0.2) is 0 Å².